The normalized spacial score (nSPS) is 11.3. The number of rotatable bonds is 5. The summed E-state index contributed by atoms with van der Waals surface area (Å²) in [6.07, 6.45) is 0. The Morgan fingerprint density at radius 1 is 1.06 bits per heavy atom. The minimum atomic E-state index is -0.163. The van der Waals surface area contributed by atoms with E-state index in [1.54, 1.807) is 28.2 Å². The number of nitrogens with zero attached hydrogens (tertiary/aromatic N) is 4. The predicted octanol–water partition coefficient (Wildman–Crippen LogP) is 4.06. The number of para-hydroxylation sites is 1. The number of thiazole rings is 1. The number of hydrogen-bond donors (Lipinski definition) is 0. The van der Waals surface area contributed by atoms with Crippen molar-refractivity contribution < 1.29 is 4.74 Å². The zero-order chi connectivity index (χ0) is 22.2. The minimum Gasteiger partial charge on any atom is -0.497 e. The largest absolute Gasteiger partial charge is 0.497 e. The highest BCUT2D eigenvalue weighted by Gasteiger charge is 2.15. The first-order valence-electron chi connectivity index (χ1n) is 9.81. The van der Waals surface area contributed by atoms with Crippen molar-refractivity contribution in [1.29, 1.82) is 0 Å². The van der Waals surface area contributed by atoms with E-state index in [0.717, 1.165) is 5.69 Å². The van der Waals surface area contributed by atoms with Crippen molar-refractivity contribution in [2.75, 3.05) is 7.11 Å². The van der Waals surface area contributed by atoms with Gasteiger partial charge in [-0.1, -0.05) is 30.0 Å². The molecule has 3 heterocycles. The molecule has 32 heavy (non-hydrogen) atoms. The van der Waals surface area contributed by atoms with Gasteiger partial charge in [0, 0.05) is 29.0 Å². The summed E-state index contributed by atoms with van der Waals surface area (Å²) in [6.45, 7) is 1.88. The highest BCUT2D eigenvalue weighted by atomic mass is 32.2. The topological polar surface area (TPSA) is 78.5 Å². The smallest absolute Gasteiger partial charge is 0.266 e. The first kappa shape index (κ1) is 20.5. The Morgan fingerprint density at radius 3 is 2.75 bits per heavy atom. The number of aromatic nitrogens is 4. The van der Waals surface area contributed by atoms with E-state index in [-0.39, 0.29) is 11.1 Å². The highest BCUT2D eigenvalue weighted by molar-refractivity contribution is 7.98. The average Bonchev–Trinajstić information content (AvgIpc) is 3.19. The molecule has 7 nitrogen and oxygen atoms in total. The molecule has 9 heteroatoms. The van der Waals surface area contributed by atoms with Crippen LogP contribution in [0.1, 0.15) is 11.4 Å². The first-order chi connectivity index (χ1) is 15.5. The van der Waals surface area contributed by atoms with Gasteiger partial charge in [0.25, 0.3) is 11.1 Å². The van der Waals surface area contributed by atoms with Crippen molar-refractivity contribution in [1.82, 2.24) is 18.9 Å². The monoisotopic (exact) mass is 462 g/mol. The van der Waals surface area contributed by atoms with Gasteiger partial charge >= 0.3 is 0 Å². The van der Waals surface area contributed by atoms with Gasteiger partial charge in [0.1, 0.15) is 5.75 Å². The Balaban J connectivity index is 1.61. The van der Waals surface area contributed by atoms with Crippen LogP contribution in [-0.4, -0.2) is 26.0 Å². The second-order valence-electron chi connectivity index (χ2n) is 7.12. The Kier molecular flexibility index (Phi) is 5.28. The molecule has 5 aromatic rings. The van der Waals surface area contributed by atoms with Crippen LogP contribution in [0.25, 0.3) is 21.6 Å². The molecule has 0 atom stereocenters. The van der Waals surface area contributed by atoms with Gasteiger partial charge in [-0.15, -0.1) is 11.3 Å². The Labute approximate surface area is 191 Å². The van der Waals surface area contributed by atoms with Gasteiger partial charge in [0.15, 0.2) is 10.1 Å². The molecular formula is C23H18N4O3S2. The van der Waals surface area contributed by atoms with Crippen LogP contribution in [-0.2, 0) is 5.75 Å². The first-order valence-corrected chi connectivity index (χ1v) is 11.7. The van der Waals surface area contributed by atoms with Crippen LogP contribution >= 0.6 is 23.1 Å². The van der Waals surface area contributed by atoms with Crippen LogP contribution in [0.2, 0.25) is 0 Å². The molecule has 0 radical (unpaired) electrons. The molecule has 160 valence electrons. The van der Waals surface area contributed by atoms with Crippen LogP contribution in [0, 0.1) is 6.92 Å². The van der Waals surface area contributed by atoms with E-state index >= 15 is 0 Å². The van der Waals surface area contributed by atoms with Crippen molar-refractivity contribution in [3.8, 4) is 11.4 Å². The second kappa shape index (κ2) is 8.25. The van der Waals surface area contributed by atoms with Crippen LogP contribution in [0.3, 0.4) is 0 Å². The maximum absolute atomic E-state index is 13.4. The van der Waals surface area contributed by atoms with Crippen molar-refractivity contribution in [3.63, 3.8) is 0 Å². The SMILES string of the molecule is COc1cccc(-n2c(SCc3cc(=O)n4c(C)csc4n3)nc3ccccc3c2=O)c1. The van der Waals surface area contributed by atoms with E-state index in [2.05, 4.69) is 4.98 Å². The molecule has 5 rings (SSSR count). The van der Waals surface area contributed by atoms with Gasteiger partial charge in [-0.05, 0) is 31.2 Å². The van der Waals surface area contributed by atoms with Gasteiger partial charge in [0.05, 0.1) is 29.4 Å². The number of benzene rings is 2. The van der Waals surface area contributed by atoms with E-state index in [0.29, 0.717) is 43.9 Å². The molecule has 0 bridgehead atoms. The summed E-state index contributed by atoms with van der Waals surface area (Å²) in [5.74, 6) is 1.05. The van der Waals surface area contributed by atoms with E-state index in [1.165, 1.54) is 29.2 Å². The lowest BCUT2D eigenvalue weighted by Gasteiger charge is -2.14. The van der Waals surface area contributed by atoms with E-state index in [4.69, 9.17) is 9.72 Å². The van der Waals surface area contributed by atoms with E-state index < -0.39 is 0 Å². The molecular weight excluding hydrogens is 444 g/mol. The van der Waals surface area contributed by atoms with Crippen molar-refractivity contribution in [3.05, 3.63) is 92.1 Å². The van der Waals surface area contributed by atoms with Gasteiger partial charge in [-0.25, -0.2) is 9.97 Å². The van der Waals surface area contributed by atoms with Crippen molar-refractivity contribution in [2.45, 2.75) is 17.8 Å². The summed E-state index contributed by atoms with van der Waals surface area (Å²) in [4.78, 5) is 35.9. The minimum absolute atomic E-state index is 0.110. The zero-order valence-electron chi connectivity index (χ0n) is 17.3. The average molecular weight is 463 g/mol. The van der Waals surface area contributed by atoms with Crippen molar-refractivity contribution in [2.24, 2.45) is 0 Å². The van der Waals surface area contributed by atoms with Gasteiger partial charge in [-0.3, -0.25) is 18.6 Å². The molecule has 0 saturated carbocycles. The molecule has 0 fully saturated rings. The molecule has 0 aliphatic heterocycles. The number of methoxy groups -OCH3 is 1. The van der Waals surface area contributed by atoms with Gasteiger partial charge < -0.3 is 4.74 Å². The Morgan fingerprint density at radius 2 is 1.91 bits per heavy atom. The fourth-order valence-electron chi connectivity index (χ4n) is 3.50. The summed E-state index contributed by atoms with van der Waals surface area (Å²) in [7, 11) is 1.59. The van der Waals surface area contributed by atoms with Gasteiger partial charge in [-0.2, -0.15) is 0 Å². The fraction of sp³-hybridized carbons (Fsp3) is 0.130. The second-order valence-corrected chi connectivity index (χ2v) is 8.90. The lowest BCUT2D eigenvalue weighted by molar-refractivity contribution is 0.414. The lowest BCUT2D eigenvalue weighted by atomic mass is 10.2. The highest BCUT2D eigenvalue weighted by Crippen LogP contribution is 2.26. The molecule has 2 aromatic carbocycles. The van der Waals surface area contributed by atoms with E-state index in [9.17, 15) is 9.59 Å². The molecule has 0 aliphatic carbocycles. The summed E-state index contributed by atoms with van der Waals surface area (Å²) in [5, 5.41) is 2.96. The maximum Gasteiger partial charge on any atom is 0.266 e. The zero-order valence-corrected chi connectivity index (χ0v) is 18.9. The number of fused-ring (bicyclic) bond motifs is 2. The van der Waals surface area contributed by atoms with Crippen LogP contribution < -0.4 is 15.9 Å². The third kappa shape index (κ3) is 3.59. The number of ether oxygens (including phenoxy) is 1. The van der Waals surface area contributed by atoms with Crippen LogP contribution in [0.15, 0.2) is 74.7 Å². The third-order valence-electron chi connectivity index (χ3n) is 5.03. The number of aryl methyl sites for hydroxylation is 1. The molecule has 3 aromatic heterocycles. The maximum atomic E-state index is 13.4. The lowest BCUT2D eigenvalue weighted by Crippen LogP contribution is -2.22. The Hall–Kier alpha value is -3.43. The number of hydrogen-bond acceptors (Lipinski definition) is 7. The molecule has 0 amide bonds. The third-order valence-corrected chi connectivity index (χ3v) is 6.95. The standard InChI is InChI=1S/C23H18N4O3S2/c1-14-12-31-22-24-15(10-20(28)26(14)22)13-32-23-25-19-9-4-3-8-18(19)21(29)27(23)16-6-5-7-17(11-16)30-2/h3-12H,13H2,1-2H3. The molecule has 0 spiro atoms. The molecule has 0 unspecified atom stereocenters. The summed E-state index contributed by atoms with van der Waals surface area (Å²) < 4.78 is 8.52. The summed E-state index contributed by atoms with van der Waals surface area (Å²) in [5.41, 5.74) is 2.51. The summed E-state index contributed by atoms with van der Waals surface area (Å²) in [6, 6.07) is 16.1. The van der Waals surface area contributed by atoms with E-state index in [1.807, 2.05) is 48.7 Å². The van der Waals surface area contributed by atoms with Crippen molar-refractivity contribution >= 4 is 39.0 Å². The van der Waals surface area contributed by atoms with Crippen LogP contribution in [0.4, 0.5) is 0 Å². The quantitative estimate of drug-likeness (QED) is 0.290. The predicted molar refractivity (Wildman–Crippen MR) is 128 cm³/mol. The fourth-order valence-corrected chi connectivity index (χ4v) is 5.30. The molecule has 0 aliphatic rings. The Bertz CT molecular complexity index is 1590. The molecule has 0 saturated heterocycles. The van der Waals surface area contributed by atoms with Crippen LogP contribution in [0.5, 0.6) is 5.75 Å². The summed E-state index contributed by atoms with van der Waals surface area (Å²) >= 11 is 2.80. The van der Waals surface area contributed by atoms with Gasteiger partial charge in [0.2, 0.25) is 0 Å². The molecule has 0 N–H and O–H groups in total. The number of thioether (sulfide) groups is 1.